The van der Waals surface area contributed by atoms with Crippen LogP contribution in [0.4, 0.5) is 0 Å². The molecule has 0 unspecified atom stereocenters. The first-order valence-electron chi connectivity index (χ1n) is 5.84. The minimum Gasteiger partial charge on any atom is -0.345 e. The van der Waals surface area contributed by atoms with E-state index in [0.29, 0.717) is 18.8 Å². The Labute approximate surface area is 114 Å². The third kappa shape index (κ3) is 2.58. The van der Waals surface area contributed by atoms with Gasteiger partial charge in [-0.2, -0.15) is 0 Å². The summed E-state index contributed by atoms with van der Waals surface area (Å²) in [4.78, 5) is 27.4. The molecule has 1 saturated heterocycles. The lowest BCUT2D eigenvalue weighted by atomic mass is 10.3. The quantitative estimate of drug-likeness (QED) is 0.779. The molecule has 0 N–H and O–H groups in total. The van der Waals surface area contributed by atoms with Crippen molar-refractivity contribution >= 4 is 27.7 Å². The Morgan fingerprint density at radius 1 is 1.33 bits per heavy atom. The lowest BCUT2D eigenvalue weighted by Crippen LogP contribution is -2.38. The molecule has 1 aromatic heterocycles. The molecule has 0 bridgehead atoms. The number of nitrogens with zero attached hydrogens (tertiary/aromatic N) is 3. The molecule has 0 aliphatic carbocycles. The predicted octanol–water partition coefficient (Wildman–Crippen LogP) is 1.09. The topological polar surface area (TPSA) is 45.5 Å². The van der Waals surface area contributed by atoms with Crippen LogP contribution in [-0.2, 0) is 11.8 Å². The predicted molar refractivity (Wildman–Crippen MR) is 71.3 cm³/mol. The molecule has 1 fully saturated rings. The van der Waals surface area contributed by atoms with Crippen molar-refractivity contribution in [1.82, 2.24) is 14.4 Å². The van der Waals surface area contributed by atoms with Crippen LogP contribution in [0, 0.1) is 0 Å². The SMILES string of the molecule is CN1CCCN(C(=O)c2cc(Br)cn2C)CC1=O. The van der Waals surface area contributed by atoms with Gasteiger partial charge in [0.2, 0.25) is 5.91 Å². The monoisotopic (exact) mass is 313 g/mol. The van der Waals surface area contributed by atoms with Gasteiger partial charge < -0.3 is 14.4 Å². The summed E-state index contributed by atoms with van der Waals surface area (Å²) >= 11 is 3.35. The summed E-state index contributed by atoms with van der Waals surface area (Å²) in [5.41, 5.74) is 0.597. The first-order chi connectivity index (χ1) is 8.49. The normalized spacial score (nSPS) is 16.9. The molecule has 2 rings (SSSR count). The number of hydrogen-bond donors (Lipinski definition) is 0. The number of carbonyl (C=O) groups excluding carboxylic acids is 2. The van der Waals surface area contributed by atoms with Crippen LogP contribution in [0.15, 0.2) is 16.7 Å². The van der Waals surface area contributed by atoms with Crippen molar-refractivity contribution in [3.05, 3.63) is 22.4 Å². The summed E-state index contributed by atoms with van der Waals surface area (Å²) in [6, 6.07) is 1.78. The molecule has 2 heterocycles. The number of halogens is 1. The highest BCUT2D eigenvalue weighted by Crippen LogP contribution is 2.16. The molecular formula is C12H16BrN3O2. The first kappa shape index (κ1) is 13.1. The fraction of sp³-hybridized carbons (Fsp3) is 0.500. The molecule has 1 aromatic rings. The zero-order chi connectivity index (χ0) is 13.3. The van der Waals surface area contributed by atoms with Crippen molar-refractivity contribution in [3.8, 4) is 0 Å². The zero-order valence-corrected chi connectivity index (χ0v) is 12.1. The molecule has 0 spiro atoms. The molecule has 6 heteroatoms. The van der Waals surface area contributed by atoms with Crippen molar-refractivity contribution < 1.29 is 9.59 Å². The van der Waals surface area contributed by atoms with Gasteiger partial charge in [0.15, 0.2) is 0 Å². The molecule has 18 heavy (non-hydrogen) atoms. The van der Waals surface area contributed by atoms with Gasteiger partial charge in [0.05, 0.1) is 0 Å². The Morgan fingerprint density at radius 3 is 2.67 bits per heavy atom. The molecule has 0 aromatic carbocycles. The van der Waals surface area contributed by atoms with Gasteiger partial charge in [-0.3, -0.25) is 9.59 Å². The molecule has 2 amide bonds. The largest absolute Gasteiger partial charge is 0.345 e. The molecule has 0 atom stereocenters. The first-order valence-corrected chi connectivity index (χ1v) is 6.63. The third-order valence-electron chi connectivity index (χ3n) is 3.15. The van der Waals surface area contributed by atoms with Crippen molar-refractivity contribution in [1.29, 1.82) is 0 Å². The summed E-state index contributed by atoms with van der Waals surface area (Å²) < 4.78 is 2.64. The van der Waals surface area contributed by atoms with E-state index in [4.69, 9.17) is 0 Å². The van der Waals surface area contributed by atoms with Gasteiger partial charge in [-0.25, -0.2) is 0 Å². The Hall–Kier alpha value is -1.30. The number of rotatable bonds is 1. The van der Waals surface area contributed by atoms with Crippen molar-refractivity contribution in [2.24, 2.45) is 7.05 Å². The fourth-order valence-electron chi connectivity index (χ4n) is 2.06. The fourth-order valence-corrected chi connectivity index (χ4v) is 2.58. The van der Waals surface area contributed by atoms with Crippen molar-refractivity contribution in [3.63, 3.8) is 0 Å². The smallest absolute Gasteiger partial charge is 0.270 e. The molecule has 5 nitrogen and oxygen atoms in total. The number of aryl methyl sites for hydroxylation is 1. The molecule has 98 valence electrons. The summed E-state index contributed by atoms with van der Waals surface area (Å²) in [7, 11) is 3.60. The highest BCUT2D eigenvalue weighted by molar-refractivity contribution is 9.10. The second-order valence-electron chi connectivity index (χ2n) is 4.55. The zero-order valence-electron chi connectivity index (χ0n) is 10.5. The van der Waals surface area contributed by atoms with Crippen LogP contribution in [0.1, 0.15) is 16.9 Å². The van der Waals surface area contributed by atoms with Crippen LogP contribution in [0.25, 0.3) is 0 Å². The van der Waals surface area contributed by atoms with E-state index < -0.39 is 0 Å². The van der Waals surface area contributed by atoms with E-state index in [1.165, 1.54) is 0 Å². The number of likely N-dealkylation sites (N-methyl/N-ethyl adjacent to an activating group) is 1. The van der Waals surface area contributed by atoms with Crippen LogP contribution in [-0.4, -0.2) is 52.9 Å². The third-order valence-corrected chi connectivity index (χ3v) is 3.59. The maximum Gasteiger partial charge on any atom is 0.270 e. The molecule has 1 aliphatic rings. The lowest BCUT2D eigenvalue weighted by molar-refractivity contribution is -0.129. The van der Waals surface area contributed by atoms with E-state index in [9.17, 15) is 9.59 Å². The maximum absolute atomic E-state index is 12.4. The highest BCUT2D eigenvalue weighted by Gasteiger charge is 2.25. The average Bonchev–Trinajstić information content (AvgIpc) is 2.55. The second-order valence-corrected chi connectivity index (χ2v) is 5.47. The van der Waals surface area contributed by atoms with E-state index in [-0.39, 0.29) is 18.4 Å². The van der Waals surface area contributed by atoms with E-state index in [1.807, 2.05) is 13.2 Å². The molecular weight excluding hydrogens is 298 g/mol. The van der Waals surface area contributed by atoms with Crippen molar-refractivity contribution in [2.45, 2.75) is 6.42 Å². The minimum absolute atomic E-state index is 0.00544. The summed E-state index contributed by atoms with van der Waals surface area (Å²) in [5.74, 6) is -0.0963. The Balaban J connectivity index is 2.18. The van der Waals surface area contributed by atoms with Gasteiger partial charge in [-0.1, -0.05) is 0 Å². The van der Waals surface area contributed by atoms with E-state index in [1.54, 1.807) is 27.5 Å². The molecule has 1 aliphatic heterocycles. The number of amides is 2. The molecule has 0 saturated carbocycles. The van der Waals surface area contributed by atoms with Crippen molar-refractivity contribution in [2.75, 3.05) is 26.7 Å². The van der Waals surface area contributed by atoms with Gasteiger partial charge in [0, 0.05) is 37.9 Å². The Bertz CT molecular complexity index is 484. The maximum atomic E-state index is 12.4. The van der Waals surface area contributed by atoms with Crippen LogP contribution < -0.4 is 0 Å². The number of aromatic nitrogens is 1. The number of hydrogen-bond acceptors (Lipinski definition) is 2. The highest BCUT2D eigenvalue weighted by atomic mass is 79.9. The average molecular weight is 314 g/mol. The Kier molecular flexibility index (Phi) is 3.75. The standard InChI is InChI=1S/C12H16BrN3O2/c1-14-4-3-5-16(8-11(14)17)12(18)10-6-9(13)7-15(10)2/h6-7H,3-5,8H2,1-2H3. The molecule has 0 radical (unpaired) electrons. The van der Waals surface area contributed by atoms with E-state index in [2.05, 4.69) is 15.9 Å². The van der Waals surface area contributed by atoms with Crippen LogP contribution in [0.5, 0.6) is 0 Å². The van der Waals surface area contributed by atoms with Gasteiger partial charge in [0.25, 0.3) is 5.91 Å². The summed E-state index contributed by atoms with van der Waals surface area (Å²) in [5, 5.41) is 0. The lowest BCUT2D eigenvalue weighted by Gasteiger charge is -2.19. The van der Waals surface area contributed by atoms with Gasteiger partial charge in [0.1, 0.15) is 12.2 Å². The van der Waals surface area contributed by atoms with E-state index in [0.717, 1.165) is 10.9 Å². The van der Waals surface area contributed by atoms with Gasteiger partial charge >= 0.3 is 0 Å². The van der Waals surface area contributed by atoms with E-state index >= 15 is 0 Å². The van der Waals surface area contributed by atoms with Gasteiger partial charge in [-0.15, -0.1) is 0 Å². The van der Waals surface area contributed by atoms with Gasteiger partial charge in [-0.05, 0) is 28.4 Å². The van der Waals surface area contributed by atoms with Crippen LogP contribution in [0.2, 0.25) is 0 Å². The van der Waals surface area contributed by atoms with Crippen LogP contribution >= 0.6 is 15.9 Å². The Morgan fingerprint density at radius 2 is 2.06 bits per heavy atom. The second kappa shape index (κ2) is 5.14. The number of carbonyl (C=O) groups is 2. The minimum atomic E-state index is -0.0909. The summed E-state index contributed by atoms with van der Waals surface area (Å²) in [6.45, 7) is 1.50. The van der Waals surface area contributed by atoms with Crippen LogP contribution in [0.3, 0.4) is 0 Å². The summed E-state index contributed by atoms with van der Waals surface area (Å²) in [6.07, 6.45) is 2.65.